The Bertz CT molecular complexity index is 334. The molecule has 0 aliphatic heterocycles. The molecule has 0 saturated heterocycles. The van der Waals surface area contributed by atoms with Gasteiger partial charge >= 0.3 is 0 Å². The van der Waals surface area contributed by atoms with Crippen molar-refractivity contribution in [1.82, 2.24) is 4.98 Å². The third-order valence-corrected chi connectivity index (χ3v) is 2.79. The van der Waals surface area contributed by atoms with Crippen LogP contribution < -0.4 is 0 Å². The number of thiazole rings is 1. The Morgan fingerprint density at radius 2 is 2.58 bits per heavy atom. The molecule has 0 spiro atoms. The van der Waals surface area contributed by atoms with Gasteiger partial charge in [-0.25, -0.2) is 4.98 Å². The maximum Gasteiger partial charge on any atom is 0.246 e. The standard InChI is InChI=1S/C6H5IN2O2S/c1-4(9(10)11)2-6-8-3-5(7)12-6/h2-3H,1H3/b4-2-. The lowest BCUT2D eigenvalue weighted by atomic mass is 10.4. The van der Waals surface area contributed by atoms with Gasteiger partial charge in [0, 0.05) is 13.0 Å². The van der Waals surface area contributed by atoms with Crippen LogP contribution in [0.15, 0.2) is 11.9 Å². The fourth-order valence-corrected chi connectivity index (χ4v) is 2.02. The molecule has 0 atom stereocenters. The molecule has 0 bridgehead atoms. The Morgan fingerprint density at radius 1 is 1.92 bits per heavy atom. The van der Waals surface area contributed by atoms with Crippen molar-refractivity contribution in [2.24, 2.45) is 0 Å². The van der Waals surface area contributed by atoms with Gasteiger partial charge in [0.25, 0.3) is 0 Å². The monoisotopic (exact) mass is 296 g/mol. The van der Waals surface area contributed by atoms with E-state index in [4.69, 9.17) is 0 Å². The largest absolute Gasteiger partial charge is 0.259 e. The topological polar surface area (TPSA) is 56.0 Å². The maximum absolute atomic E-state index is 10.2. The smallest absolute Gasteiger partial charge is 0.246 e. The molecule has 1 heterocycles. The molecule has 0 aliphatic rings. The van der Waals surface area contributed by atoms with Crippen molar-refractivity contribution >= 4 is 40.0 Å². The number of hydrogen-bond acceptors (Lipinski definition) is 4. The summed E-state index contributed by atoms with van der Waals surface area (Å²) in [6, 6.07) is 0. The van der Waals surface area contributed by atoms with Crippen molar-refractivity contribution in [3.63, 3.8) is 0 Å². The van der Waals surface area contributed by atoms with Crippen molar-refractivity contribution < 1.29 is 4.92 Å². The van der Waals surface area contributed by atoms with Gasteiger partial charge in [-0.3, -0.25) is 10.1 Å². The average Bonchev–Trinajstić information content (AvgIpc) is 2.35. The molecule has 6 heteroatoms. The van der Waals surface area contributed by atoms with Crippen molar-refractivity contribution in [2.75, 3.05) is 0 Å². The van der Waals surface area contributed by atoms with Crippen LogP contribution in [0.25, 0.3) is 6.08 Å². The van der Waals surface area contributed by atoms with Crippen LogP contribution in [0.4, 0.5) is 0 Å². The number of halogens is 1. The summed E-state index contributed by atoms with van der Waals surface area (Å²) in [5.41, 5.74) is 0.112. The Hall–Kier alpha value is -0.500. The SMILES string of the molecule is C/C(=C/c1ncc(I)s1)[N+](=O)[O-]. The molecule has 1 rings (SSSR count). The third-order valence-electron chi connectivity index (χ3n) is 1.12. The number of aromatic nitrogens is 1. The first-order valence-corrected chi connectivity index (χ1v) is 4.93. The Labute approximate surface area is 86.6 Å². The molecule has 0 aromatic carbocycles. The molecule has 4 nitrogen and oxygen atoms in total. The molecule has 0 N–H and O–H groups in total. The number of rotatable bonds is 2. The second-order valence-electron chi connectivity index (χ2n) is 2.05. The number of allylic oxidation sites excluding steroid dienone is 1. The van der Waals surface area contributed by atoms with E-state index in [1.807, 2.05) is 0 Å². The van der Waals surface area contributed by atoms with E-state index in [-0.39, 0.29) is 5.70 Å². The van der Waals surface area contributed by atoms with Crippen molar-refractivity contribution in [3.05, 3.63) is 29.9 Å². The lowest BCUT2D eigenvalue weighted by Gasteiger charge is -1.85. The van der Waals surface area contributed by atoms with Gasteiger partial charge in [-0.1, -0.05) is 0 Å². The van der Waals surface area contributed by atoms with Crippen molar-refractivity contribution in [3.8, 4) is 0 Å². The second kappa shape index (κ2) is 3.94. The zero-order chi connectivity index (χ0) is 9.14. The number of nitro groups is 1. The van der Waals surface area contributed by atoms with Gasteiger partial charge in [0.05, 0.1) is 14.0 Å². The van der Waals surface area contributed by atoms with Crippen LogP contribution in [-0.4, -0.2) is 9.91 Å². The summed E-state index contributed by atoms with van der Waals surface area (Å²) >= 11 is 3.55. The number of hydrogen-bond donors (Lipinski definition) is 0. The van der Waals surface area contributed by atoms with Gasteiger partial charge in [-0.05, 0) is 22.6 Å². The molecular formula is C6H5IN2O2S. The van der Waals surface area contributed by atoms with E-state index >= 15 is 0 Å². The fourth-order valence-electron chi connectivity index (χ4n) is 0.565. The van der Waals surface area contributed by atoms with Gasteiger partial charge in [0.2, 0.25) is 5.70 Å². The van der Waals surface area contributed by atoms with E-state index in [0.717, 1.165) is 2.88 Å². The molecular weight excluding hydrogens is 291 g/mol. The predicted octanol–water partition coefficient (Wildman–Crippen LogP) is 2.39. The first-order chi connectivity index (χ1) is 5.59. The molecule has 0 amide bonds. The van der Waals surface area contributed by atoms with Gasteiger partial charge < -0.3 is 0 Å². The highest BCUT2D eigenvalue weighted by atomic mass is 127. The molecule has 64 valence electrons. The van der Waals surface area contributed by atoms with Crippen LogP contribution in [0.3, 0.4) is 0 Å². The Kier molecular flexibility index (Phi) is 3.15. The predicted molar refractivity (Wildman–Crippen MR) is 55.5 cm³/mol. The summed E-state index contributed by atoms with van der Waals surface area (Å²) in [4.78, 5) is 13.8. The maximum atomic E-state index is 10.2. The molecule has 0 saturated carbocycles. The zero-order valence-corrected chi connectivity index (χ0v) is 9.13. The molecule has 1 aromatic heterocycles. The minimum atomic E-state index is -0.422. The van der Waals surface area contributed by atoms with Crippen LogP contribution in [0.2, 0.25) is 0 Å². The molecule has 0 unspecified atom stereocenters. The van der Waals surface area contributed by atoms with E-state index in [2.05, 4.69) is 27.6 Å². The summed E-state index contributed by atoms with van der Waals surface area (Å²) in [6.07, 6.45) is 3.15. The first kappa shape index (κ1) is 9.59. The van der Waals surface area contributed by atoms with E-state index in [1.54, 1.807) is 6.20 Å². The third kappa shape index (κ3) is 2.52. The van der Waals surface area contributed by atoms with Gasteiger partial charge in [-0.2, -0.15) is 0 Å². The van der Waals surface area contributed by atoms with Gasteiger partial charge in [0.15, 0.2) is 0 Å². The summed E-state index contributed by atoms with van der Waals surface area (Å²) in [6.45, 7) is 1.45. The molecule has 12 heavy (non-hydrogen) atoms. The summed E-state index contributed by atoms with van der Waals surface area (Å²) in [5, 5.41) is 10.9. The minimum absolute atomic E-state index is 0.112. The molecule has 0 fully saturated rings. The van der Waals surface area contributed by atoms with Crippen LogP contribution in [0, 0.1) is 13.0 Å². The summed E-state index contributed by atoms with van der Waals surface area (Å²) < 4.78 is 1.02. The Balaban J connectivity index is 2.87. The van der Waals surface area contributed by atoms with E-state index < -0.39 is 4.92 Å². The van der Waals surface area contributed by atoms with E-state index in [1.165, 1.54) is 24.3 Å². The minimum Gasteiger partial charge on any atom is -0.259 e. The highest BCUT2D eigenvalue weighted by Crippen LogP contribution is 2.17. The highest BCUT2D eigenvalue weighted by molar-refractivity contribution is 14.1. The quantitative estimate of drug-likeness (QED) is 0.478. The van der Waals surface area contributed by atoms with E-state index in [9.17, 15) is 10.1 Å². The number of nitrogens with zero attached hydrogens (tertiary/aromatic N) is 2. The molecule has 0 radical (unpaired) electrons. The lowest BCUT2D eigenvalue weighted by Crippen LogP contribution is -1.92. The van der Waals surface area contributed by atoms with Crippen LogP contribution in [0.1, 0.15) is 11.9 Å². The molecule has 0 aliphatic carbocycles. The fraction of sp³-hybridized carbons (Fsp3) is 0.167. The lowest BCUT2D eigenvalue weighted by molar-refractivity contribution is -0.422. The van der Waals surface area contributed by atoms with E-state index in [0.29, 0.717) is 5.01 Å². The van der Waals surface area contributed by atoms with Crippen molar-refractivity contribution in [1.29, 1.82) is 0 Å². The zero-order valence-electron chi connectivity index (χ0n) is 6.15. The first-order valence-electron chi connectivity index (χ1n) is 3.03. The summed E-state index contributed by atoms with van der Waals surface area (Å²) in [7, 11) is 0. The Morgan fingerprint density at radius 3 is 3.00 bits per heavy atom. The van der Waals surface area contributed by atoms with Crippen LogP contribution >= 0.6 is 33.9 Å². The normalized spacial score (nSPS) is 11.7. The van der Waals surface area contributed by atoms with Crippen LogP contribution in [-0.2, 0) is 0 Å². The van der Waals surface area contributed by atoms with Crippen LogP contribution in [0.5, 0.6) is 0 Å². The van der Waals surface area contributed by atoms with Gasteiger partial charge in [0.1, 0.15) is 5.01 Å². The second-order valence-corrected chi connectivity index (χ2v) is 5.00. The average molecular weight is 296 g/mol. The summed E-state index contributed by atoms with van der Waals surface area (Å²) in [5.74, 6) is 0. The van der Waals surface area contributed by atoms with Gasteiger partial charge in [-0.15, -0.1) is 11.3 Å². The molecule has 1 aromatic rings. The van der Waals surface area contributed by atoms with Crippen molar-refractivity contribution in [2.45, 2.75) is 6.92 Å². The highest BCUT2D eigenvalue weighted by Gasteiger charge is 2.04.